The average molecular weight is 259 g/mol. The molecule has 2 aliphatic heterocycles. The smallest absolute Gasteiger partial charge is 0.262 e. The fraction of sp³-hybridized carbons (Fsp3) is 0.429. The molecule has 1 N–H and O–H groups in total. The van der Waals surface area contributed by atoms with Gasteiger partial charge in [0, 0.05) is 25.7 Å². The van der Waals surface area contributed by atoms with Crippen LogP contribution in [-0.4, -0.2) is 54.0 Å². The highest BCUT2D eigenvalue weighted by molar-refractivity contribution is 6.21. The molecule has 19 heavy (non-hydrogen) atoms. The van der Waals surface area contributed by atoms with E-state index in [0.717, 1.165) is 19.6 Å². The molecule has 0 bridgehead atoms. The molecule has 2 aliphatic rings. The lowest BCUT2D eigenvalue weighted by molar-refractivity contribution is 0.0508. The SMILES string of the molecule is C[C@@H]1CN(CN2C(=O)c3ccccc3C2=O)CCN1. The van der Waals surface area contributed by atoms with Gasteiger partial charge >= 0.3 is 0 Å². The third-order valence-electron chi connectivity index (χ3n) is 3.67. The Labute approximate surface area is 112 Å². The van der Waals surface area contributed by atoms with Crippen LogP contribution >= 0.6 is 0 Å². The fourth-order valence-corrected chi connectivity index (χ4v) is 2.71. The van der Waals surface area contributed by atoms with Gasteiger partial charge in [-0.3, -0.25) is 19.4 Å². The quantitative estimate of drug-likeness (QED) is 0.787. The van der Waals surface area contributed by atoms with Crippen molar-refractivity contribution in [2.75, 3.05) is 26.3 Å². The van der Waals surface area contributed by atoms with Gasteiger partial charge in [0.05, 0.1) is 17.8 Å². The Hall–Kier alpha value is -1.72. The van der Waals surface area contributed by atoms with E-state index in [4.69, 9.17) is 0 Å². The predicted octanol–water partition coefficient (Wildman–Crippen LogP) is 0.534. The lowest BCUT2D eigenvalue weighted by atomic mass is 10.1. The number of fused-ring (bicyclic) bond motifs is 1. The summed E-state index contributed by atoms with van der Waals surface area (Å²) < 4.78 is 0. The molecule has 2 heterocycles. The van der Waals surface area contributed by atoms with Crippen LogP contribution in [0.4, 0.5) is 0 Å². The number of amides is 2. The molecule has 1 fully saturated rings. The van der Waals surface area contributed by atoms with Gasteiger partial charge in [0.25, 0.3) is 11.8 Å². The minimum atomic E-state index is -0.174. The molecule has 0 aromatic heterocycles. The molecule has 5 heteroatoms. The molecule has 0 spiro atoms. The first-order valence-electron chi connectivity index (χ1n) is 6.58. The monoisotopic (exact) mass is 259 g/mol. The van der Waals surface area contributed by atoms with E-state index >= 15 is 0 Å². The van der Waals surface area contributed by atoms with Gasteiger partial charge in [-0.15, -0.1) is 0 Å². The number of nitrogens with zero attached hydrogens (tertiary/aromatic N) is 2. The number of rotatable bonds is 2. The van der Waals surface area contributed by atoms with Gasteiger partial charge in [0.2, 0.25) is 0 Å². The van der Waals surface area contributed by atoms with Crippen molar-refractivity contribution in [1.29, 1.82) is 0 Å². The molecule has 1 saturated heterocycles. The minimum absolute atomic E-state index is 0.174. The highest BCUT2D eigenvalue weighted by Gasteiger charge is 2.36. The third kappa shape index (κ3) is 2.15. The normalized spacial score (nSPS) is 23.8. The van der Waals surface area contributed by atoms with E-state index in [-0.39, 0.29) is 11.8 Å². The molecule has 0 saturated carbocycles. The summed E-state index contributed by atoms with van der Waals surface area (Å²) in [6.07, 6.45) is 0. The zero-order valence-electron chi connectivity index (χ0n) is 10.9. The molecule has 100 valence electrons. The van der Waals surface area contributed by atoms with Crippen LogP contribution in [0, 0.1) is 0 Å². The van der Waals surface area contributed by atoms with Gasteiger partial charge in [-0.05, 0) is 19.1 Å². The average Bonchev–Trinajstić information content (AvgIpc) is 2.65. The maximum absolute atomic E-state index is 12.2. The summed E-state index contributed by atoms with van der Waals surface area (Å²) in [5.41, 5.74) is 1.05. The summed E-state index contributed by atoms with van der Waals surface area (Å²) in [7, 11) is 0. The maximum atomic E-state index is 12.2. The molecule has 1 aromatic rings. The number of imide groups is 1. The van der Waals surface area contributed by atoms with Crippen molar-refractivity contribution >= 4 is 11.8 Å². The van der Waals surface area contributed by atoms with Crippen molar-refractivity contribution in [1.82, 2.24) is 15.1 Å². The van der Waals surface area contributed by atoms with E-state index in [0.29, 0.717) is 23.8 Å². The number of hydrogen-bond donors (Lipinski definition) is 1. The number of carbonyl (C=O) groups excluding carboxylic acids is 2. The van der Waals surface area contributed by atoms with Crippen LogP contribution in [0.1, 0.15) is 27.6 Å². The lowest BCUT2D eigenvalue weighted by Gasteiger charge is -2.33. The first-order chi connectivity index (χ1) is 9.16. The molecular weight excluding hydrogens is 242 g/mol. The Morgan fingerprint density at radius 3 is 2.42 bits per heavy atom. The fourth-order valence-electron chi connectivity index (χ4n) is 2.71. The Morgan fingerprint density at radius 1 is 1.21 bits per heavy atom. The van der Waals surface area contributed by atoms with Crippen LogP contribution in [0.2, 0.25) is 0 Å². The molecule has 0 radical (unpaired) electrons. The van der Waals surface area contributed by atoms with Crippen LogP contribution in [0.25, 0.3) is 0 Å². The lowest BCUT2D eigenvalue weighted by Crippen LogP contribution is -2.53. The Morgan fingerprint density at radius 2 is 1.84 bits per heavy atom. The van der Waals surface area contributed by atoms with Crippen molar-refractivity contribution in [2.24, 2.45) is 0 Å². The summed E-state index contributed by atoms with van der Waals surface area (Å²) >= 11 is 0. The van der Waals surface area contributed by atoms with Gasteiger partial charge in [0.1, 0.15) is 0 Å². The number of hydrogen-bond acceptors (Lipinski definition) is 4. The Balaban J connectivity index is 1.77. The van der Waals surface area contributed by atoms with Gasteiger partial charge in [-0.2, -0.15) is 0 Å². The van der Waals surface area contributed by atoms with E-state index < -0.39 is 0 Å². The van der Waals surface area contributed by atoms with Crippen molar-refractivity contribution in [3.05, 3.63) is 35.4 Å². The Bertz CT molecular complexity index is 494. The predicted molar refractivity (Wildman–Crippen MR) is 70.8 cm³/mol. The first kappa shape index (κ1) is 12.3. The summed E-state index contributed by atoms with van der Waals surface area (Å²) in [5.74, 6) is -0.349. The van der Waals surface area contributed by atoms with E-state index in [1.807, 2.05) is 0 Å². The summed E-state index contributed by atoms with van der Waals surface area (Å²) in [6, 6.07) is 7.41. The molecule has 0 unspecified atom stereocenters. The van der Waals surface area contributed by atoms with Gasteiger partial charge in [-0.1, -0.05) is 12.1 Å². The Kier molecular flexibility index (Phi) is 3.08. The zero-order valence-corrected chi connectivity index (χ0v) is 10.9. The number of piperazine rings is 1. The maximum Gasteiger partial charge on any atom is 0.262 e. The van der Waals surface area contributed by atoms with Crippen molar-refractivity contribution < 1.29 is 9.59 Å². The van der Waals surface area contributed by atoms with Crippen molar-refractivity contribution in [3.63, 3.8) is 0 Å². The van der Waals surface area contributed by atoms with Crippen LogP contribution in [0.15, 0.2) is 24.3 Å². The second-order valence-electron chi connectivity index (χ2n) is 5.16. The standard InChI is InChI=1S/C14H17N3O2/c1-10-8-16(7-6-15-10)9-17-13(18)11-4-2-3-5-12(11)14(17)19/h2-5,10,15H,6-9H2,1H3/t10-/m1/s1. The number of benzene rings is 1. The largest absolute Gasteiger partial charge is 0.312 e. The second-order valence-corrected chi connectivity index (χ2v) is 5.16. The first-order valence-corrected chi connectivity index (χ1v) is 6.58. The third-order valence-corrected chi connectivity index (χ3v) is 3.67. The molecular formula is C14H17N3O2. The molecule has 5 nitrogen and oxygen atoms in total. The molecule has 2 amide bonds. The molecule has 0 aliphatic carbocycles. The summed E-state index contributed by atoms with van der Waals surface area (Å²) in [4.78, 5) is 27.9. The summed E-state index contributed by atoms with van der Waals surface area (Å²) in [6.45, 7) is 5.10. The van der Waals surface area contributed by atoms with Crippen LogP contribution in [-0.2, 0) is 0 Å². The molecule has 1 aromatic carbocycles. The number of nitrogens with one attached hydrogen (secondary N) is 1. The van der Waals surface area contributed by atoms with E-state index in [1.165, 1.54) is 4.90 Å². The van der Waals surface area contributed by atoms with Crippen LogP contribution < -0.4 is 5.32 Å². The van der Waals surface area contributed by atoms with Crippen molar-refractivity contribution in [3.8, 4) is 0 Å². The highest BCUT2D eigenvalue weighted by Crippen LogP contribution is 2.22. The molecule has 3 rings (SSSR count). The van der Waals surface area contributed by atoms with E-state index in [9.17, 15) is 9.59 Å². The van der Waals surface area contributed by atoms with Gasteiger partial charge < -0.3 is 5.32 Å². The highest BCUT2D eigenvalue weighted by atomic mass is 16.2. The van der Waals surface area contributed by atoms with Gasteiger partial charge in [-0.25, -0.2) is 0 Å². The topological polar surface area (TPSA) is 52.7 Å². The number of carbonyl (C=O) groups is 2. The second kappa shape index (κ2) is 4.75. The summed E-state index contributed by atoms with van der Waals surface area (Å²) in [5, 5.41) is 3.35. The van der Waals surface area contributed by atoms with Crippen molar-refractivity contribution in [2.45, 2.75) is 13.0 Å². The van der Waals surface area contributed by atoms with Crippen LogP contribution in [0.5, 0.6) is 0 Å². The van der Waals surface area contributed by atoms with E-state index in [2.05, 4.69) is 17.1 Å². The minimum Gasteiger partial charge on any atom is -0.312 e. The van der Waals surface area contributed by atoms with E-state index in [1.54, 1.807) is 24.3 Å². The molecule has 1 atom stereocenters. The van der Waals surface area contributed by atoms with Gasteiger partial charge in [0.15, 0.2) is 0 Å². The van der Waals surface area contributed by atoms with Crippen LogP contribution in [0.3, 0.4) is 0 Å². The zero-order chi connectivity index (χ0) is 13.4.